The second kappa shape index (κ2) is 13.7. The van der Waals surface area contributed by atoms with E-state index >= 15 is 0 Å². The van der Waals surface area contributed by atoms with E-state index in [9.17, 15) is 9.59 Å². The third-order valence-electron chi connectivity index (χ3n) is 3.25. The maximum absolute atomic E-state index is 12.0. The molecule has 10 heteroatoms. The van der Waals surface area contributed by atoms with Gasteiger partial charge in [-0.3, -0.25) is 9.59 Å². The molecule has 1 aliphatic rings. The Kier molecular flexibility index (Phi) is 12.0. The van der Waals surface area contributed by atoms with Crippen molar-refractivity contribution in [1.29, 1.82) is 0 Å². The highest BCUT2D eigenvalue weighted by Crippen LogP contribution is 2.28. The van der Waals surface area contributed by atoms with Crippen LogP contribution in [-0.2, 0) is 18.5 Å². The van der Waals surface area contributed by atoms with Gasteiger partial charge in [-0.05, 0) is 18.6 Å². The van der Waals surface area contributed by atoms with Crippen molar-refractivity contribution in [3.8, 4) is 0 Å². The first kappa shape index (κ1) is 24.6. The van der Waals surface area contributed by atoms with Crippen LogP contribution in [0.15, 0.2) is 47.3 Å². The van der Waals surface area contributed by atoms with Gasteiger partial charge in [0.15, 0.2) is 6.61 Å². The smallest absolute Gasteiger partial charge is 0.257 e. The van der Waals surface area contributed by atoms with Crippen molar-refractivity contribution in [2.45, 2.75) is 25.8 Å². The van der Waals surface area contributed by atoms with Crippen molar-refractivity contribution < 1.29 is 18.5 Å². The Balaban J connectivity index is 2.10. The van der Waals surface area contributed by atoms with Crippen LogP contribution < -0.4 is 10.6 Å². The third-order valence-corrected chi connectivity index (χ3v) is 4.77. The molecule has 28 heavy (non-hydrogen) atoms. The minimum Gasteiger partial charge on any atom is -0.491 e. The highest BCUT2D eigenvalue weighted by Gasteiger charge is 2.42. The molecule has 0 aromatic heterocycles. The summed E-state index contributed by atoms with van der Waals surface area (Å²) in [6.07, 6.45) is 5.68. The molecule has 1 heterocycles. The van der Waals surface area contributed by atoms with Crippen molar-refractivity contribution in [1.82, 2.24) is 14.9 Å². The monoisotopic (exact) mass is 449 g/mol. The van der Waals surface area contributed by atoms with Crippen LogP contribution in [0.25, 0.3) is 0 Å². The number of nitrogens with zero attached hydrogens (tertiary/aromatic N) is 1. The number of amides is 2. The molecule has 156 valence electrons. The van der Waals surface area contributed by atoms with Gasteiger partial charge in [0.2, 0.25) is 5.91 Å². The molecule has 2 N–H and O–H groups in total. The molecule has 2 amide bonds. The van der Waals surface area contributed by atoms with Crippen LogP contribution in [0, 0.1) is 0 Å². The number of carbonyl (C=O) groups excluding carboxylic acids is 2. The Morgan fingerprint density at radius 1 is 1.36 bits per heavy atom. The van der Waals surface area contributed by atoms with E-state index in [4.69, 9.17) is 32.1 Å². The van der Waals surface area contributed by atoms with Gasteiger partial charge in [-0.15, -0.1) is 0 Å². The molecular formula is C18H25Cl2N3O4S. The summed E-state index contributed by atoms with van der Waals surface area (Å²) in [4.78, 5) is 23.7. The Labute approximate surface area is 180 Å². The average Bonchev–Trinajstić information content (AvgIpc) is 3.41. The number of nitrogens with one attached hydrogen (secondary N) is 2. The molecule has 0 radical (unpaired) electrons. The van der Waals surface area contributed by atoms with E-state index in [-0.39, 0.29) is 34.5 Å². The molecule has 0 saturated carbocycles. The van der Waals surface area contributed by atoms with Gasteiger partial charge in [0, 0.05) is 25.2 Å². The van der Waals surface area contributed by atoms with E-state index in [0.717, 1.165) is 6.42 Å². The molecule has 1 saturated heterocycles. The molecule has 0 aromatic carbocycles. The summed E-state index contributed by atoms with van der Waals surface area (Å²) >= 11 is 12.5. The van der Waals surface area contributed by atoms with Crippen LogP contribution in [0.3, 0.4) is 0 Å². The van der Waals surface area contributed by atoms with E-state index in [2.05, 4.69) is 23.8 Å². The zero-order valence-electron chi connectivity index (χ0n) is 15.7. The van der Waals surface area contributed by atoms with Gasteiger partial charge < -0.3 is 19.6 Å². The van der Waals surface area contributed by atoms with Crippen LogP contribution in [0.4, 0.5) is 0 Å². The number of ether oxygens (including phenoxy) is 1. The Bertz CT molecular complexity index is 640. The number of hydrogen-bond donors (Lipinski definition) is 2. The van der Waals surface area contributed by atoms with Crippen LogP contribution in [-0.4, -0.2) is 48.5 Å². The third kappa shape index (κ3) is 10.8. The zero-order valence-corrected chi connectivity index (χ0v) is 18.0. The summed E-state index contributed by atoms with van der Waals surface area (Å²) in [5, 5.41) is 5.91. The normalized spacial score (nSPS) is 18.6. The highest BCUT2D eigenvalue weighted by atomic mass is 35.5. The number of rotatable bonds is 14. The molecule has 0 aliphatic carbocycles. The second-order valence-electron chi connectivity index (χ2n) is 5.76. The lowest BCUT2D eigenvalue weighted by molar-refractivity contribution is -0.124. The Morgan fingerprint density at radius 3 is 2.79 bits per heavy atom. The number of carbonyl (C=O) groups is 2. The quantitative estimate of drug-likeness (QED) is 0.106. The fourth-order valence-corrected chi connectivity index (χ4v) is 2.64. The van der Waals surface area contributed by atoms with Crippen LogP contribution in [0.5, 0.6) is 0 Å². The first-order chi connectivity index (χ1) is 13.3. The van der Waals surface area contributed by atoms with Gasteiger partial charge >= 0.3 is 0 Å². The minimum absolute atomic E-state index is 0.122. The maximum Gasteiger partial charge on any atom is 0.257 e. The lowest BCUT2D eigenvalue weighted by atomic mass is 10.3. The van der Waals surface area contributed by atoms with E-state index in [0.29, 0.717) is 31.8 Å². The molecule has 2 atom stereocenters. The summed E-state index contributed by atoms with van der Waals surface area (Å²) < 4.78 is 12.2. The van der Waals surface area contributed by atoms with E-state index < -0.39 is 0 Å². The predicted molar refractivity (Wildman–Crippen MR) is 113 cm³/mol. The largest absolute Gasteiger partial charge is 0.491 e. The van der Waals surface area contributed by atoms with Crippen molar-refractivity contribution in [3.63, 3.8) is 0 Å². The number of hydrogen-bond acceptors (Lipinski definition) is 6. The van der Waals surface area contributed by atoms with Gasteiger partial charge in [-0.25, -0.2) is 4.31 Å². The molecule has 1 aliphatic heterocycles. The lowest BCUT2D eigenvalue weighted by Gasteiger charge is -2.09. The van der Waals surface area contributed by atoms with Crippen LogP contribution in [0.1, 0.15) is 19.8 Å². The van der Waals surface area contributed by atoms with E-state index in [1.807, 2.05) is 11.2 Å². The van der Waals surface area contributed by atoms with Crippen molar-refractivity contribution in [2.75, 3.05) is 26.3 Å². The SMILES string of the molecule is C=C(CCNC(=O)CO/C=C/C=C(/Cl)C(=C)Cl)NC(=O)C1CN1SOCCC. The van der Waals surface area contributed by atoms with Crippen LogP contribution in [0.2, 0.25) is 0 Å². The first-order valence-electron chi connectivity index (χ1n) is 8.65. The molecule has 0 spiro atoms. The van der Waals surface area contributed by atoms with Gasteiger partial charge in [0.25, 0.3) is 5.91 Å². The van der Waals surface area contributed by atoms with E-state index in [1.54, 1.807) is 0 Å². The molecular weight excluding hydrogens is 425 g/mol. The lowest BCUT2D eigenvalue weighted by Crippen LogP contribution is -2.32. The van der Waals surface area contributed by atoms with Crippen molar-refractivity contribution in [2.24, 2.45) is 0 Å². The first-order valence-corrected chi connectivity index (χ1v) is 10.1. The molecule has 0 bridgehead atoms. The molecule has 1 rings (SSSR count). The van der Waals surface area contributed by atoms with Gasteiger partial charge in [-0.1, -0.05) is 43.3 Å². The van der Waals surface area contributed by atoms with E-state index in [1.165, 1.54) is 30.6 Å². The number of halogens is 2. The van der Waals surface area contributed by atoms with Gasteiger partial charge in [-0.2, -0.15) is 0 Å². The topological polar surface area (TPSA) is 79.7 Å². The standard InChI is InChI=1S/C18H25Cl2N3O4S/c1-4-9-27-28-23-11-16(23)18(25)22-13(2)7-8-21-17(24)12-26-10-5-6-15(20)14(3)19/h5-6,10,16H,2-4,7-9,11-12H2,1H3,(H,21,24)(H,22,25)/b10-5+,15-6+. The fourth-order valence-electron chi connectivity index (χ4n) is 1.73. The predicted octanol–water partition coefficient (Wildman–Crippen LogP) is 3.20. The van der Waals surface area contributed by atoms with Crippen molar-refractivity contribution in [3.05, 3.63) is 47.3 Å². The highest BCUT2D eigenvalue weighted by molar-refractivity contribution is 7.92. The second-order valence-corrected chi connectivity index (χ2v) is 7.48. The van der Waals surface area contributed by atoms with Crippen molar-refractivity contribution >= 4 is 47.2 Å². The van der Waals surface area contributed by atoms with Crippen LogP contribution >= 0.6 is 35.4 Å². The summed E-state index contributed by atoms with van der Waals surface area (Å²) in [5.74, 6) is -0.415. The Morgan fingerprint density at radius 2 is 2.11 bits per heavy atom. The Hall–Kier alpha value is -1.45. The summed E-state index contributed by atoms with van der Waals surface area (Å²) in [6.45, 7) is 10.8. The molecule has 0 aromatic rings. The minimum atomic E-state index is -0.293. The molecule has 2 unspecified atom stereocenters. The van der Waals surface area contributed by atoms with Gasteiger partial charge in [0.05, 0.1) is 35.2 Å². The zero-order chi connectivity index (χ0) is 20.9. The summed E-state index contributed by atoms with van der Waals surface area (Å²) in [6, 6.07) is -0.202. The number of allylic oxidation sites excluding steroid dienone is 4. The maximum atomic E-state index is 12.0. The fraction of sp³-hybridized carbons (Fsp3) is 0.444. The summed E-state index contributed by atoms with van der Waals surface area (Å²) in [7, 11) is 0. The average molecular weight is 450 g/mol. The van der Waals surface area contributed by atoms with Gasteiger partial charge in [0.1, 0.15) is 6.04 Å². The molecule has 1 fully saturated rings. The summed E-state index contributed by atoms with van der Waals surface area (Å²) in [5.41, 5.74) is 0.540. The molecule has 7 nitrogen and oxygen atoms in total.